The van der Waals surface area contributed by atoms with Gasteiger partial charge in [0, 0.05) is 6.20 Å². The molecule has 4 nitrogen and oxygen atoms in total. The van der Waals surface area contributed by atoms with Gasteiger partial charge in [-0.1, -0.05) is 25.1 Å². The fraction of sp³-hybridized carbons (Fsp3) is 0.235. The average molecular weight is 332 g/mol. The van der Waals surface area contributed by atoms with Gasteiger partial charge in [-0.25, -0.2) is 4.98 Å². The second-order valence-electron chi connectivity index (χ2n) is 5.35. The largest absolute Gasteiger partial charge is 0.417 e. The van der Waals surface area contributed by atoms with Crippen molar-refractivity contribution in [3.8, 4) is 0 Å². The molecule has 0 fully saturated rings. The number of nitrogens with zero attached hydrogens (tertiary/aromatic N) is 4. The minimum absolute atomic E-state index is 0.294. The molecule has 0 aliphatic heterocycles. The van der Waals surface area contributed by atoms with Crippen molar-refractivity contribution in [3.05, 3.63) is 59.4 Å². The second kappa shape index (κ2) is 6.07. The molecule has 0 atom stereocenters. The normalized spacial score (nSPS) is 12.4. The maximum Gasteiger partial charge on any atom is 0.417 e. The number of rotatable bonds is 3. The zero-order chi connectivity index (χ0) is 17.3. The van der Waals surface area contributed by atoms with E-state index in [-0.39, 0.29) is 0 Å². The van der Waals surface area contributed by atoms with Crippen LogP contribution in [0.15, 0.2) is 52.8 Å². The quantitative estimate of drug-likeness (QED) is 0.572. The van der Waals surface area contributed by atoms with Gasteiger partial charge >= 0.3 is 6.18 Å². The maximum atomic E-state index is 12.9. The van der Waals surface area contributed by atoms with Gasteiger partial charge in [0.05, 0.1) is 16.9 Å². The molecule has 0 saturated heterocycles. The fourth-order valence-electron chi connectivity index (χ4n) is 2.45. The van der Waals surface area contributed by atoms with Crippen molar-refractivity contribution >= 4 is 17.2 Å². The number of alkyl halides is 3. The average Bonchev–Trinajstić information content (AvgIpc) is 2.86. The predicted molar refractivity (Wildman–Crippen MR) is 84.9 cm³/mol. The van der Waals surface area contributed by atoms with E-state index in [0.29, 0.717) is 22.8 Å². The highest BCUT2D eigenvalue weighted by atomic mass is 19.4. The molecule has 0 aliphatic carbocycles. The zero-order valence-electron chi connectivity index (χ0n) is 13.2. The van der Waals surface area contributed by atoms with Gasteiger partial charge in [0.25, 0.3) is 0 Å². The monoisotopic (exact) mass is 332 g/mol. The van der Waals surface area contributed by atoms with Crippen molar-refractivity contribution in [3.63, 3.8) is 0 Å². The van der Waals surface area contributed by atoms with Crippen LogP contribution in [0.4, 0.5) is 24.7 Å². The highest BCUT2D eigenvalue weighted by Gasteiger charge is 2.31. The van der Waals surface area contributed by atoms with Crippen molar-refractivity contribution < 1.29 is 13.2 Å². The zero-order valence-corrected chi connectivity index (χ0v) is 13.2. The van der Waals surface area contributed by atoms with Gasteiger partial charge in [-0.2, -0.15) is 13.2 Å². The third-order valence-corrected chi connectivity index (χ3v) is 3.71. The highest BCUT2D eigenvalue weighted by Crippen LogP contribution is 2.32. The van der Waals surface area contributed by atoms with Crippen LogP contribution in [-0.4, -0.2) is 9.38 Å². The van der Waals surface area contributed by atoms with E-state index in [1.165, 1.54) is 10.5 Å². The SMILES string of the molecule is CCc1ccccc1N=Nc1c(C)nc2ccc(C(F)(F)F)cn12. The van der Waals surface area contributed by atoms with Crippen LogP contribution in [-0.2, 0) is 12.6 Å². The van der Waals surface area contributed by atoms with Crippen LogP contribution in [0, 0.1) is 6.92 Å². The molecule has 3 aromatic rings. The number of azo groups is 1. The van der Waals surface area contributed by atoms with Crippen molar-refractivity contribution in [2.24, 2.45) is 10.2 Å². The molecule has 0 aliphatic rings. The summed E-state index contributed by atoms with van der Waals surface area (Å²) in [6.07, 6.45) is -2.63. The predicted octanol–water partition coefficient (Wildman–Crippen LogP) is 5.64. The molecule has 0 spiro atoms. The van der Waals surface area contributed by atoms with Crippen LogP contribution < -0.4 is 0 Å². The summed E-state index contributed by atoms with van der Waals surface area (Å²) in [5.74, 6) is 0.294. The van der Waals surface area contributed by atoms with Gasteiger partial charge in [-0.05, 0) is 37.1 Å². The second-order valence-corrected chi connectivity index (χ2v) is 5.35. The van der Waals surface area contributed by atoms with Crippen LogP contribution in [0.25, 0.3) is 5.65 Å². The molecule has 0 radical (unpaired) electrons. The lowest BCUT2D eigenvalue weighted by molar-refractivity contribution is -0.137. The van der Waals surface area contributed by atoms with Crippen molar-refractivity contribution in [1.82, 2.24) is 9.38 Å². The molecule has 124 valence electrons. The van der Waals surface area contributed by atoms with Gasteiger partial charge in [-0.3, -0.25) is 4.40 Å². The van der Waals surface area contributed by atoms with E-state index in [1.54, 1.807) is 6.92 Å². The molecule has 0 N–H and O–H groups in total. The molecule has 0 amide bonds. The van der Waals surface area contributed by atoms with Gasteiger partial charge in [0.2, 0.25) is 0 Å². The number of benzene rings is 1. The number of aromatic nitrogens is 2. The summed E-state index contributed by atoms with van der Waals surface area (Å²) >= 11 is 0. The number of hydrogen-bond acceptors (Lipinski definition) is 3. The Kier molecular flexibility index (Phi) is 4.09. The lowest BCUT2D eigenvalue weighted by Gasteiger charge is -2.07. The summed E-state index contributed by atoms with van der Waals surface area (Å²) in [7, 11) is 0. The summed E-state index contributed by atoms with van der Waals surface area (Å²) in [5.41, 5.74) is 1.88. The number of pyridine rings is 1. The summed E-state index contributed by atoms with van der Waals surface area (Å²) < 4.78 is 40.1. The molecular weight excluding hydrogens is 317 g/mol. The number of imidazole rings is 1. The minimum atomic E-state index is -4.42. The molecule has 7 heteroatoms. The van der Waals surface area contributed by atoms with E-state index in [9.17, 15) is 13.2 Å². The molecule has 2 heterocycles. The lowest BCUT2D eigenvalue weighted by atomic mass is 10.1. The van der Waals surface area contributed by atoms with E-state index in [4.69, 9.17) is 0 Å². The Labute approximate surface area is 136 Å². The molecule has 1 aromatic carbocycles. The van der Waals surface area contributed by atoms with Gasteiger partial charge < -0.3 is 0 Å². The maximum absolute atomic E-state index is 12.9. The Hall–Kier alpha value is -2.70. The Balaban J connectivity index is 2.08. The Morgan fingerprint density at radius 3 is 2.54 bits per heavy atom. The topological polar surface area (TPSA) is 42.0 Å². The number of halogens is 3. The highest BCUT2D eigenvalue weighted by molar-refractivity contribution is 5.53. The molecule has 3 rings (SSSR count). The first-order valence-electron chi connectivity index (χ1n) is 7.45. The van der Waals surface area contributed by atoms with Crippen LogP contribution in [0.5, 0.6) is 0 Å². The van der Waals surface area contributed by atoms with Crippen molar-refractivity contribution in [1.29, 1.82) is 0 Å². The molecule has 2 aromatic heterocycles. The van der Waals surface area contributed by atoms with Gasteiger partial charge in [0.1, 0.15) is 5.65 Å². The summed E-state index contributed by atoms with van der Waals surface area (Å²) in [6.45, 7) is 3.70. The van der Waals surface area contributed by atoms with E-state index in [1.807, 2.05) is 31.2 Å². The molecular formula is C17H15F3N4. The third kappa shape index (κ3) is 3.02. The van der Waals surface area contributed by atoms with Crippen LogP contribution in [0.1, 0.15) is 23.7 Å². The molecule has 0 bridgehead atoms. The van der Waals surface area contributed by atoms with Gasteiger partial charge in [-0.15, -0.1) is 10.2 Å². The van der Waals surface area contributed by atoms with Gasteiger partial charge in [0.15, 0.2) is 5.82 Å². The number of aryl methyl sites for hydroxylation is 2. The van der Waals surface area contributed by atoms with E-state index >= 15 is 0 Å². The first-order valence-corrected chi connectivity index (χ1v) is 7.45. The van der Waals surface area contributed by atoms with Crippen LogP contribution in [0.3, 0.4) is 0 Å². The van der Waals surface area contributed by atoms with E-state index in [2.05, 4.69) is 15.2 Å². The Morgan fingerprint density at radius 1 is 1.08 bits per heavy atom. The van der Waals surface area contributed by atoms with E-state index < -0.39 is 11.7 Å². The first-order chi connectivity index (χ1) is 11.4. The number of hydrogen-bond donors (Lipinski definition) is 0. The fourth-order valence-corrected chi connectivity index (χ4v) is 2.45. The standard InChI is InChI=1S/C17H15F3N4/c1-3-12-6-4-5-7-14(12)22-23-16-11(2)21-15-9-8-13(10-24(15)16)17(18,19)20/h4-10H,3H2,1-2H3. The first kappa shape index (κ1) is 16.2. The Bertz CT molecular complexity index is 910. The molecule has 0 saturated carbocycles. The van der Waals surface area contributed by atoms with Crippen LogP contribution in [0.2, 0.25) is 0 Å². The Morgan fingerprint density at radius 2 is 1.83 bits per heavy atom. The third-order valence-electron chi connectivity index (χ3n) is 3.71. The summed E-state index contributed by atoms with van der Waals surface area (Å²) in [6, 6.07) is 9.85. The lowest BCUT2D eigenvalue weighted by Crippen LogP contribution is -2.06. The van der Waals surface area contributed by atoms with E-state index in [0.717, 1.165) is 24.2 Å². The minimum Gasteiger partial charge on any atom is -0.282 e. The van der Waals surface area contributed by atoms with Crippen LogP contribution >= 0.6 is 0 Å². The summed E-state index contributed by atoms with van der Waals surface area (Å²) in [5, 5.41) is 8.36. The molecule has 24 heavy (non-hydrogen) atoms. The molecule has 0 unspecified atom stereocenters. The summed E-state index contributed by atoms with van der Waals surface area (Å²) in [4.78, 5) is 4.23. The smallest absolute Gasteiger partial charge is 0.282 e. The number of fused-ring (bicyclic) bond motifs is 1. The van der Waals surface area contributed by atoms with Crippen molar-refractivity contribution in [2.45, 2.75) is 26.4 Å². The van der Waals surface area contributed by atoms with Crippen molar-refractivity contribution in [2.75, 3.05) is 0 Å².